The van der Waals surface area contributed by atoms with Gasteiger partial charge in [0, 0.05) is 24.9 Å². The summed E-state index contributed by atoms with van der Waals surface area (Å²) in [5.41, 5.74) is -0.504. The zero-order chi connectivity index (χ0) is 16.3. The minimum absolute atomic E-state index is 0.169. The fraction of sp³-hybridized carbons (Fsp3) is 0.643. The van der Waals surface area contributed by atoms with Crippen molar-refractivity contribution in [3.05, 3.63) is 17.5 Å². The SMILES string of the molecule is CC(C)(C)OC(=O)N1CC[C@@H](C[S@@](=O)c2cc(Cl)ncn2)C1. The highest BCUT2D eigenvalue weighted by Gasteiger charge is 2.30. The van der Waals surface area contributed by atoms with E-state index in [4.69, 9.17) is 16.3 Å². The van der Waals surface area contributed by atoms with Gasteiger partial charge in [0.05, 0.1) is 10.8 Å². The smallest absolute Gasteiger partial charge is 0.410 e. The van der Waals surface area contributed by atoms with Crippen molar-refractivity contribution in [2.75, 3.05) is 18.8 Å². The van der Waals surface area contributed by atoms with Crippen molar-refractivity contribution in [1.29, 1.82) is 0 Å². The molecule has 0 spiro atoms. The van der Waals surface area contributed by atoms with E-state index in [-0.39, 0.29) is 17.2 Å². The molecule has 2 rings (SSSR count). The second-order valence-electron chi connectivity index (χ2n) is 6.27. The number of aromatic nitrogens is 2. The van der Waals surface area contributed by atoms with Crippen LogP contribution in [0.2, 0.25) is 5.15 Å². The summed E-state index contributed by atoms with van der Waals surface area (Å²) in [6.45, 7) is 6.70. The lowest BCUT2D eigenvalue weighted by Gasteiger charge is -2.24. The topological polar surface area (TPSA) is 72.4 Å². The Morgan fingerprint density at radius 2 is 2.23 bits per heavy atom. The maximum absolute atomic E-state index is 12.3. The van der Waals surface area contributed by atoms with Crippen LogP contribution in [0, 0.1) is 5.92 Å². The molecule has 2 atom stereocenters. The number of carbonyl (C=O) groups is 1. The van der Waals surface area contributed by atoms with Crippen LogP contribution < -0.4 is 0 Å². The molecule has 1 fully saturated rings. The van der Waals surface area contributed by atoms with Crippen molar-refractivity contribution in [2.45, 2.75) is 37.8 Å². The van der Waals surface area contributed by atoms with E-state index in [9.17, 15) is 9.00 Å². The second-order valence-corrected chi connectivity index (χ2v) is 8.10. The van der Waals surface area contributed by atoms with Gasteiger partial charge in [-0.2, -0.15) is 0 Å². The van der Waals surface area contributed by atoms with E-state index in [0.717, 1.165) is 6.42 Å². The average Bonchev–Trinajstić information content (AvgIpc) is 2.85. The summed E-state index contributed by atoms with van der Waals surface area (Å²) in [5.74, 6) is 0.620. The first kappa shape index (κ1) is 17.1. The van der Waals surface area contributed by atoms with Crippen LogP contribution in [-0.4, -0.2) is 49.6 Å². The van der Waals surface area contributed by atoms with Gasteiger partial charge in [-0.25, -0.2) is 14.8 Å². The number of hydrogen-bond donors (Lipinski definition) is 0. The van der Waals surface area contributed by atoms with Crippen LogP contribution in [0.4, 0.5) is 4.79 Å². The van der Waals surface area contributed by atoms with Crippen molar-refractivity contribution in [1.82, 2.24) is 14.9 Å². The molecule has 1 aliphatic rings. The molecule has 1 aromatic rings. The first-order valence-electron chi connectivity index (χ1n) is 7.08. The van der Waals surface area contributed by atoms with Gasteiger partial charge in [-0.1, -0.05) is 11.6 Å². The third-order valence-corrected chi connectivity index (χ3v) is 4.84. The van der Waals surface area contributed by atoms with Gasteiger partial charge in [-0.3, -0.25) is 4.21 Å². The van der Waals surface area contributed by atoms with Crippen LogP contribution in [0.5, 0.6) is 0 Å². The maximum atomic E-state index is 12.3. The Kier molecular flexibility index (Phi) is 5.39. The Bertz CT molecular complexity index is 577. The predicted molar refractivity (Wildman–Crippen MR) is 84.2 cm³/mol. The van der Waals surface area contributed by atoms with Gasteiger partial charge in [-0.15, -0.1) is 0 Å². The highest BCUT2D eigenvalue weighted by atomic mass is 35.5. The minimum Gasteiger partial charge on any atom is -0.444 e. The highest BCUT2D eigenvalue weighted by molar-refractivity contribution is 7.85. The number of hydrogen-bond acceptors (Lipinski definition) is 5. The second kappa shape index (κ2) is 6.91. The number of ether oxygens (including phenoxy) is 1. The molecule has 6 nitrogen and oxygen atoms in total. The number of halogens is 1. The van der Waals surface area contributed by atoms with Crippen molar-refractivity contribution in [3.63, 3.8) is 0 Å². The Morgan fingerprint density at radius 1 is 1.50 bits per heavy atom. The van der Waals surface area contributed by atoms with Gasteiger partial charge < -0.3 is 9.64 Å². The summed E-state index contributed by atoms with van der Waals surface area (Å²) in [4.78, 5) is 21.4. The van der Waals surface area contributed by atoms with Gasteiger partial charge in [0.25, 0.3) is 0 Å². The quantitative estimate of drug-likeness (QED) is 0.787. The van der Waals surface area contributed by atoms with E-state index < -0.39 is 16.4 Å². The third kappa shape index (κ3) is 4.91. The molecule has 1 aromatic heterocycles. The molecule has 0 radical (unpaired) electrons. The van der Waals surface area contributed by atoms with E-state index in [1.54, 1.807) is 4.90 Å². The summed E-state index contributed by atoms with van der Waals surface area (Å²) in [6, 6.07) is 1.51. The molecule has 8 heteroatoms. The van der Waals surface area contributed by atoms with Gasteiger partial charge in [0.1, 0.15) is 22.1 Å². The molecule has 22 heavy (non-hydrogen) atoms. The van der Waals surface area contributed by atoms with Crippen LogP contribution in [0.3, 0.4) is 0 Å². The Morgan fingerprint density at radius 3 is 2.86 bits per heavy atom. The summed E-state index contributed by atoms with van der Waals surface area (Å²) in [5, 5.41) is 0.705. The molecule has 0 N–H and O–H groups in total. The number of carbonyl (C=O) groups excluding carboxylic acids is 1. The monoisotopic (exact) mass is 345 g/mol. The normalized spacial score (nSPS) is 20.0. The Balaban J connectivity index is 1.88. The fourth-order valence-corrected chi connectivity index (χ4v) is 3.69. The molecule has 1 saturated heterocycles. The first-order valence-corrected chi connectivity index (χ1v) is 8.78. The van der Waals surface area contributed by atoms with E-state index >= 15 is 0 Å². The highest BCUT2D eigenvalue weighted by Crippen LogP contribution is 2.22. The molecular formula is C14H20ClN3O3S. The zero-order valence-corrected chi connectivity index (χ0v) is 14.5. The molecule has 0 bridgehead atoms. The minimum atomic E-state index is -1.25. The lowest BCUT2D eigenvalue weighted by atomic mass is 10.2. The van der Waals surface area contributed by atoms with Gasteiger partial charge >= 0.3 is 6.09 Å². The van der Waals surface area contributed by atoms with Crippen molar-refractivity contribution in [2.24, 2.45) is 5.92 Å². The van der Waals surface area contributed by atoms with Gasteiger partial charge in [0.2, 0.25) is 0 Å². The molecular weight excluding hydrogens is 326 g/mol. The van der Waals surface area contributed by atoms with E-state index in [1.165, 1.54) is 12.4 Å². The maximum Gasteiger partial charge on any atom is 0.410 e. The van der Waals surface area contributed by atoms with Crippen LogP contribution in [0.25, 0.3) is 0 Å². The lowest BCUT2D eigenvalue weighted by Crippen LogP contribution is -2.35. The standard InChI is InChI=1S/C14H20ClN3O3S/c1-14(2,3)21-13(19)18-5-4-10(7-18)8-22(20)12-6-11(15)16-9-17-12/h6,9-10H,4-5,7-8H2,1-3H3/t10-,22-/m1/s1. The van der Waals surface area contributed by atoms with Crippen LogP contribution in [0.15, 0.2) is 17.4 Å². The number of nitrogens with zero attached hydrogens (tertiary/aromatic N) is 3. The molecule has 0 aromatic carbocycles. The molecule has 1 amide bonds. The summed E-state index contributed by atoms with van der Waals surface area (Å²) in [6.07, 6.45) is 1.80. The first-order chi connectivity index (χ1) is 10.2. The lowest BCUT2D eigenvalue weighted by molar-refractivity contribution is 0.0289. The largest absolute Gasteiger partial charge is 0.444 e. The third-order valence-electron chi connectivity index (χ3n) is 3.17. The van der Waals surface area contributed by atoms with E-state index in [1.807, 2.05) is 20.8 Å². The van der Waals surface area contributed by atoms with E-state index in [0.29, 0.717) is 23.9 Å². The van der Waals surface area contributed by atoms with E-state index in [2.05, 4.69) is 9.97 Å². The summed E-state index contributed by atoms with van der Waals surface area (Å²) < 4.78 is 17.6. The molecule has 1 aliphatic heterocycles. The number of likely N-dealkylation sites (tertiary alicyclic amines) is 1. The predicted octanol–water partition coefficient (Wildman–Crippen LogP) is 2.49. The summed E-state index contributed by atoms with van der Waals surface area (Å²) in [7, 11) is -1.25. The van der Waals surface area contributed by atoms with Crippen molar-refractivity contribution < 1.29 is 13.7 Å². The molecule has 2 heterocycles. The molecule has 122 valence electrons. The number of amides is 1. The molecule has 0 saturated carbocycles. The Hall–Kier alpha value is -1.21. The molecule has 0 unspecified atom stereocenters. The van der Waals surface area contributed by atoms with Crippen molar-refractivity contribution >= 4 is 28.5 Å². The van der Waals surface area contributed by atoms with Gasteiger partial charge in [-0.05, 0) is 33.1 Å². The van der Waals surface area contributed by atoms with Crippen LogP contribution in [-0.2, 0) is 15.5 Å². The average molecular weight is 346 g/mol. The molecule has 0 aliphatic carbocycles. The van der Waals surface area contributed by atoms with Crippen LogP contribution >= 0.6 is 11.6 Å². The summed E-state index contributed by atoms with van der Waals surface area (Å²) >= 11 is 5.78. The van der Waals surface area contributed by atoms with Gasteiger partial charge in [0.15, 0.2) is 0 Å². The fourth-order valence-electron chi connectivity index (χ4n) is 2.20. The van der Waals surface area contributed by atoms with Crippen LogP contribution in [0.1, 0.15) is 27.2 Å². The van der Waals surface area contributed by atoms with Crippen molar-refractivity contribution in [3.8, 4) is 0 Å². The zero-order valence-electron chi connectivity index (χ0n) is 12.9. The number of rotatable bonds is 3. The Labute approximate surface area is 137 Å².